The molecule has 2 fully saturated rings. The zero-order valence-electron chi connectivity index (χ0n) is 33.6. The van der Waals surface area contributed by atoms with Gasteiger partial charge in [-0.2, -0.15) is 0 Å². The van der Waals surface area contributed by atoms with Gasteiger partial charge in [0, 0.05) is 96.0 Å². The van der Waals surface area contributed by atoms with Crippen LogP contribution in [0, 0.1) is 11.3 Å². The maximum absolute atomic E-state index is 15.1. The summed E-state index contributed by atoms with van der Waals surface area (Å²) in [4.78, 5) is 52.9. The van der Waals surface area contributed by atoms with Crippen molar-refractivity contribution in [2.24, 2.45) is 11.3 Å². The number of esters is 3. The lowest BCUT2D eigenvalue weighted by Crippen LogP contribution is -2.81. The number of para-hydroxylation sites is 1. The van der Waals surface area contributed by atoms with Crippen molar-refractivity contribution in [1.29, 1.82) is 0 Å². The average molecular weight is 799 g/mol. The summed E-state index contributed by atoms with van der Waals surface area (Å²) in [7, 11) is 6.14. The highest BCUT2D eigenvalue weighted by atomic mass is 35.5. The number of H-pyrrole nitrogens is 1. The number of aromatic nitrogens is 1. The standard InChI is InChI=1S/C44H51ClN4O8/c1-8-41-19-27(45)22-49-14-13-42(36(41)49)30-16-31(34(54-5)17-33(30)47(4)37(42)44(53,40(52)56-7)38(41)57-25(3)50)43(39(51)55-6)18-26-15-24(2)20-48(21-26)23-29-28-11-9-10-12-32(28)46-35(29)43/h9-12,15-17,19,26,36-38,46,53H,8,13-14,18,20-23H2,1-7H3/t26?,36-,37-,38-,41-,42-,43+,44+/m1/s1. The quantitative estimate of drug-likeness (QED) is 0.200. The minimum atomic E-state index is -2.34. The summed E-state index contributed by atoms with van der Waals surface area (Å²) in [6, 6.07) is 10.9. The molecule has 1 spiro atoms. The van der Waals surface area contributed by atoms with E-state index in [0.29, 0.717) is 55.2 Å². The van der Waals surface area contributed by atoms with Gasteiger partial charge in [-0.05, 0) is 61.9 Å². The number of carbonyl (C=O) groups excluding carboxylic acids is 3. The third-order valence-electron chi connectivity index (χ3n) is 14.4. The van der Waals surface area contributed by atoms with Crippen molar-refractivity contribution < 1.29 is 38.4 Å². The molecule has 1 saturated carbocycles. The van der Waals surface area contributed by atoms with Crippen LogP contribution in [0.3, 0.4) is 0 Å². The summed E-state index contributed by atoms with van der Waals surface area (Å²) in [6.45, 7) is 8.71. The molecule has 2 N–H and O–H groups in total. The van der Waals surface area contributed by atoms with Crippen LogP contribution in [0.4, 0.5) is 5.69 Å². The monoisotopic (exact) mass is 798 g/mol. The number of ether oxygens (including phenoxy) is 4. The Kier molecular flexibility index (Phi) is 8.76. The lowest BCUT2D eigenvalue weighted by Gasteiger charge is -2.63. The number of hydrogen-bond acceptors (Lipinski definition) is 11. The minimum Gasteiger partial charge on any atom is -0.496 e. The van der Waals surface area contributed by atoms with Gasteiger partial charge in [0.05, 0.1) is 27.4 Å². The number of hydrogen-bond donors (Lipinski definition) is 2. The summed E-state index contributed by atoms with van der Waals surface area (Å²) < 4.78 is 23.8. The van der Waals surface area contributed by atoms with Crippen LogP contribution in [0.5, 0.6) is 5.75 Å². The number of carbonyl (C=O) groups is 3. The average Bonchev–Trinajstić information content (AvgIpc) is 3.83. The molecule has 1 aromatic heterocycles. The maximum atomic E-state index is 15.1. The Balaban J connectivity index is 1.38. The van der Waals surface area contributed by atoms with Crippen LogP contribution in [-0.4, -0.2) is 116 Å². The zero-order valence-corrected chi connectivity index (χ0v) is 34.4. The molecule has 2 unspecified atom stereocenters. The third kappa shape index (κ3) is 4.87. The van der Waals surface area contributed by atoms with Crippen LogP contribution in [0.1, 0.15) is 62.4 Å². The molecular weight excluding hydrogens is 748 g/mol. The Hall–Kier alpha value is -4.36. The molecule has 5 aliphatic heterocycles. The summed E-state index contributed by atoms with van der Waals surface area (Å²) in [5.74, 6) is -1.46. The molecule has 12 nitrogen and oxygen atoms in total. The van der Waals surface area contributed by atoms with Gasteiger partial charge < -0.3 is 33.9 Å². The highest BCUT2D eigenvalue weighted by Crippen LogP contribution is 2.68. The van der Waals surface area contributed by atoms with Crippen LogP contribution >= 0.6 is 11.6 Å². The van der Waals surface area contributed by atoms with E-state index in [1.807, 2.05) is 49.2 Å². The fourth-order valence-corrected chi connectivity index (χ4v) is 13.2. The van der Waals surface area contributed by atoms with Gasteiger partial charge in [0.15, 0.2) is 6.10 Å². The van der Waals surface area contributed by atoms with Crippen LogP contribution in [0.2, 0.25) is 0 Å². The molecule has 0 amide bonds. The maximum Gasteiger partial charge on any atom is 0.344 e. The van der Waals surface area contributed by atoms with E-state index in [9.17, 15) is 14.7 Å². The molecular formula is C44H51ClN4O8. The van der Waals surface area contributed by atoms with E-state index in [1.165, 1.54) is 26.7 Å². The second kappa shape index (κ2) is 13.1. The number of nitrogens with zero attached hydrogens (tertiary/aromatic N) is 3. The van der Waals surface area contributed by atoms with E-state index in [2.05, 4.69) is 39.9 Å². The molecule has 57 heavy (non-hydrogen) atoms. The number of nitrogens with one attached hydrogen (secondary N) is 1. The van der Waals surface area contributed by atoms with E-state index in [1.54, 1.807) is 7.11 Å². The molecule has 13 heteroatoms. The number of fused-ring (bicyclic) bond motifs is 6. The number of halogens is 1. The van der Waals surface area contributed by atoms with Gasteiger partial charge in [-0.15, -0.1) is 0 Å². The van der Waals surface area contributed by atoms with Crippen molar-refractivity contribution in [2.75, 3.05) is 59.5 Å². The van der Waals surface area contributed by atoms with Gasteiger partial charge in [0.1, 0.15) is 11.2 Å². The van der Waals surface area contributed by atoms with Crippen molar-refractivity contribution in [1.82, 2.24) is 14.8 Å². The van der Waals surface area contributed by atoms with Crippen LogP contribution < -0.4 is 9.64 Å². The topological polar surface area (TPSA) is 134 Å². The van der Waals surface area contributed by atoms with E-state index in [4.69, 9.17) is 30.5 Å². The molecule has 302 valence electrons. The van der Waals surface area contributed by atoms with Crippen LogP contribution in [0.15, 0.2) is 59.2 Å². The number of likely N-dealkylation sites (N-methyl/N-ethyl adjacent to an activating group) is 1. The lowest BCUT2D eigenvalue weighted by molar-refractivity contribution is -0.228. The van der Waals surface area contributed by atoms with Gasteiger partial charge in [-0.3, -0.25) is 19.4 Å². The Morgan fingerprint density at radius 2 is 1.77 bits per heavy atom. The third-order valence-corrected chi connectivity index (χ3v) is 14.6. The fraction of sp³-hybridized carbons (Fsp3) is 0.523. The first-order valence-corrected chi connectivity index (χ1v) is 20.3. The molecule has 9 rings (SSSR count). The van der Waals surface area contributed by atoms with E-state index in [0.717, 1.165) is 46.5 Å². The second-order valence-corrected chi connectivity index (χ2v) is 17.7. The lowest BCUT2D eigenvalue weighted by atomic mass is 9.47. The van der Waals surface area contributed by atoms with Gasteiger partial charge in [-0.1, -0.05) is 54.4 Å². The van der Waals surface area contributed by atoms with E-state index >= 15 is 4.79 Å². The van der Waals surface area contributed by atoms with E-state index < -0.39 is 51.9 Å². The smallest absolute Gasteiger partial charge is 0.344 e. The number of benzene rings is 2. The first-order chi connectivity index (χ1) is 27.2. The van der Waals surface area contributed by atoms with Gasteiger partial charge in [-0.25, -0.2) is 4.79 Å². The van der Waals surface area contributed by atoms with Crippen molar-refractivity contribution in [3.8, 4) is 5.75 Å². The molecule has 0 radical (unpaired) electrons. The molecule has 6 heterocycles. The molecule has 1 aliphatic carbocycles. The largest absolute Gasteiger partial charge is 0.496 e. The second-order valence-electron chi connectivity index (χ2n) is 17.2. The van der Waals surface area contributed by atoms with Crippen LogP contribution in [0.25, 0.3) is 10.9 Å². The number of rotatable bonds is 6. The molecule has 9 atom stereocenters. The molecule has 3 aromatic rings. The Morgan fingerprint density at radius 1 is 1.02 bits per heavy atom. The predicted molar refractivity (Wildman–Crippen MR) is 214 cm³/mol. The summed E-state index contributed by atoms with van der Waals surface area (Å²) in [5, 5.41) is 14.9. The summed E-state index contributed by atoms with van der Waals surface area (Å²) in [5.41, 5.74) is 0.490. The van der Waals surface area contributed by atoms with Crippen molar-refractivity contribution in [3.05, 3.63) is 81.5 Å². The van der Waals surface area contributed by atoms with Crippen molar-refractivity contribution in [2.45, 2.75) is 81.2 Å². The first kappa shape index (κ1) is 38.2. The molecule has 2 aromatic carbocycles. The fourth-order valence-electron chi connectivity index (χ4n) is 12.8. The Bertz CT molecular complexity index is 2290. The predicted octanol–water partition coefficient (Wildman–Crippen LogP) is 4.93. The number of aliphatic hydroxyl groups is 1. The summed E-state index contributed by atoms with van der Waals surface area (Å²) in [6.07, 6.45) is 4.21. The minimum absolute atomic E-state index is 0.00730. The molecule has 2 bridgehead atoms. The highest BCUT2D eigenvalue weighted by Gasteiger charge is 2.80. The summed E-state index contributed by atoms with van der Waals surface area (Å²) >= 11 is 6.96. The number of methoxy groups -OCH3 is 3. The number of aromatic amines is 1. The zero-order chi connectivity index (χ0) is 40.4. The Morgan fingerprint density at radius 3 is 2.47 bits per heavy atom. The normalized spacial score (nSPS) is 35.1. The van der Waals surface area contributed by atoms with Gasteiger partial charge >= 0.3 is 17.9 Å². The highest BCUT2D eigenvalue weighted by molar-refractivity contribution is 6.30. The van der Waals surface area contributed by atoms with Crippen LogP contribution in [-0.2, 0) is 46.0 Å². The van der Waals surface area contributed by atoms with Gasteiger partial charge in [0.25, 0.3) is 0 Å². The Labute approximate surface area is 337 Å². The SMILES string of the molecule is CC[C@]12C=C(Cl)CN3CC[C@@]4(c5cc([C@@]6(C(=O)OC)CC7C=C(C)CN(Cc8c6[nH]c6ccccc86)C7)c(OC)cc5N(C)[C@H]4[C@@](O)(C(=O)OC)[C@@H]1OC(C)=O)[C@H]32. The van der Waals surface area contributed by atoms with Crippen molar-refractivity contribution in [3.63, 3.8) is 0 Å². The van der Waals surface area contributed by atoms with Gasteiger partial charge in [0.2, 0.25) is 5.60 Å². The van der Waals surface area contributed by atoms with Crippen molar-refractivity contribution >= 4 is 46.1 Å². The molecule has 1 saturated heterocycles. The first-order valence-electron chi connectivity index (χ1n) is 19.9. The van der Waals surface area contributed by atoms with E-state index in [-0.39, 0.29) is 12.0 Å². The number of anilines is 1. The molecule has 6 aliphatic rings.